The molecule has 25 heavy (non-hydrogen) atoms. The number of allylic oxidation sites excluding steroid dienone is 3. The molecule has 0 spiro atoms. The number of morpholine rings is 1. The fourth-order valence-electron chi connectivity index (χ4n) is 2.73. The molecule has 1 saturated heterocycles. The molecule has 0 radical (unpaired) electrons. The average Bonchev–Trinajstić information content (AvgIpc) is 2.58. The minimum Gasteiger partial charge on any atom is -0.376 e. The third kappa shape index (κ3) is 5.62. The summed E-state index contributed by atoms with van der Waals surface area (Å²) >= 11 is 0. The van der Waals surface area contributed by atoms with Crippen molar-refractivity contribution in [3.8, 4) is 0 Å². The van der Waals surface area contributed by atoms with Crippen molar-refractivity contribution in [2.45, 2.75) is 26.0 Å². The van der Waals surface area contributed by atoms with Gasteiger partial charge in [0.2, 0.25) is 5.96 Å². The summed E-state index contributed by atoms with van der Waals surface area (Å²) in [6.07, 6.45) is 6.70. The van der Waals surface area contributed by atoms with E-state index in [-0.39, 0.29) is 23.9 Å². The van der Waals surface area contributed by atoms with Gasteiger partial charge in [0.05, 0.1) is 18.4 Å². The number of aliphatic imine (C=N–C) groups is 2. The van der Waals surface area contributed by atoms with Crippen LogP contribution < -0.4 is 5.73 Å². The number of halogens is 1. The van der Waals surface area contributed by atoms with Crippen LogP contribution in [0.4, 0.5) is 10.1 Å². The largest absolute Gasteiger partial charge is 0.376 e. The van der Waals surface area contributed by atoms with Crippen LogP contribution in [0, 0.1) is 5.82 Å². The number of ether oxygens (including phenoxy) is 1. The Morgan fingerprint density at radius 1 is 1.48 bits per heavy atom. The van der Waals surface area contributed by atoms with Gasteiger partial charge in [-0.1, -0.05) is 24.8 Å². The zero-order chi connectivity index (χ0) is 18.2. The van der Waals surface area contributed by atoms with Crippen LogP contribution in [0.25, 0.3) is 0 Å². The van der Waals surface area contributed by atoms with E-state index in [1.54, 1.807) is 30.4 Å². The SMILES string of the molecule is C=C/C=C/C=N/C(N)=Nc1ccc(C(C)N2CCOC(C)C2)c(F)c1. The molecule has 1 aliphatic rings. The van der Waals surface area contributed by atoms with Gasteiger partial charge in [0, 0.05) is 30.9 Å². The zero-order valence-corrected chi connectivity index (χ0v) is 14.7. The van der Waals surface area contributed by atoms with Crippen molar-refractivity contribution in [2.75, 3.05) is 19.7 Å². The van der Waals surface area contributed by atoms with Crippen molar-refractivity contribution in [3.05, 3.63) is 54.4 Å². The highest BCUT2D eigenvalue weighted by Gasteiger charge is 2.24. The number of hydrogen-bond donors (Lipinski definition) is 1. The van der Waals surface area contributed by atoms with Gasteiger partial charge in [0.1, 0.15) is 5.82 Å². The summed E-state index contributed by atoms with van der Waals surface area (Å²) in [4.78, 5) is 10.3. The number of hydrogen-bond acceptors (Lipinski definition) is 3. The number of nitrogens with two attached hydrogens (primary N) is 1. The standard InChI is InChI=1S/C19H25FN4O/c1-4-5-6-9-22-19(21)23-16-7-8-17(18(20)12-16)15(3)24-10-11-25-14(2)13-24/h4-9,12,14-15H,1,10-11,13H2,2-3H3,(H2,21,23)/b6-5+,22-9+. The van der Waals surface area contributed by atoms with Crippen LogP contribution in [0.5, 0.6) is 0 Å². The van der Waals surface area contributed by atoms with E-state index in [1.807, 2.05) is 13.8 Å². The van der Waals surface area contributed by atoms with Gasteiger partial charge in [0.25, 0.3) is 0 Å². The van der Waals surface area contributed by atoms with E-state index >= 15 is 0 Å². The van der Waals surface area contributed by atoms with Crippen molar-refractivity contribution >= 4 is 17.9 Å². The molecule has 0 bridgehead atoms. The number of rotatable bonds is 5. The van der Waals surface area contributed by atoms with Gasteiger partial charge in [-0.3, -0.25) is 4.90 Å². The van der Waals surface area contributed by atoms with Gasteiger partial charge < -0.3 is 10.5 Å². The van der Waals surface area contributed by atoms with Gasteiger partial charge >= 0.3 is 0 Å². The van der Waals surface area contributed by atoms with Gasteiger partial charge in [-0.25, -0.2) is 14.4 Å². The van der Waals surface area contributed by atoms with Crippen molar-refractivity contribution in [1.82, 2.24) is 4.90 Å². The molecule has 2 N–H and O–H groups in total. The van der Waals surface area contributed by atoms with E-state index in [2.05, 4.69) is 21.5 Å². The second-order valence-electron chi connectivity index (χ2n) is 5.93. The molecular weight excluding hydrogens is 319 g/mol. The van der Waals surface area contributed by atoms with E-state index in [0.29, 0.717) is 17.9 Å². The number of guanidine groups is 1. The minimum absolute atomic E-state index is 0.0243. The van der Waals surface area contributed by atoms with Gasteiger partial charge in [-0.2, -0.15) is 0 Å². The van der Waals surface area contributed by atoms with E-state index in [1.165, 1.54) is 12.3 Å². The molecule has 5 nitrogen and oxygen atoms in total. The maximum Gasteiger partial charge on any atom is 0.220 e. The fourth-order valence-corrected chi connectivity index (χ4v) is 2.73. The summed E-state index contributed by atoms with van der Waals surface area (Å²) in [7, 11) is 0. The van der Waals surface area contributed by atoms with Gasteiger partial charge in [-0.15, -0.1) is 0 Å². The van der Waals surface area contributed by atoms with Crippen LogP contribution in [-0.4, -0.2) is 42.9 Å². The van der Waals surface area contributed by atoms with Gasteiger partial charge in [0.15, 0.2) is 0 Å². The van der Waals surface area contributed by atoms with Crippen LogP contribution in [0.1, 0.15) is 25.5 Å². The number of nitrogens with zero attached hydrogens (tertiary/aromatic N) is 3. The first-order valence-corrected chi connectivity index (χ1v) is 8.32. The van der Waals surface area contributed by atoms with Crippen molar-refractivity contribution in [3.63, 3.8) is 0 Å². The third-order valence-electron chi connectivity index (χ3n) is 4.04. The maximum absolute atomic E-state index is 14.5. The summed E-state index contributed by atoms with van der Waals surface area (Å²) in [6, 6.07) is 4.87. The van der Waals surface area contributed by atoms with E-state index in [4.69, 9.17) is 10.5 Å². The molecule has 1 heterocycles. The highest BCUT2D eigenvalue weighted by molar-refractivity contribution is 5.91. The lowest BCUT2D eigenvalue weighted by atomic mass is 10.0. The molecule has 2 rings (SSSR count). The Kier molecular flexibility index (Phi) is 7.03. The topological polar surface area (TPSA) is 63.2 Å². The molecule has 0 saturated carbocycles. The molecule has 1 aliphatic heterocycles. The Morgan fingerprint density at radius 3 is 2.96 bits per heavy atom. The summed E-state index contributed by atoms with van der Waals surface area (Å²) < 4.78 is 20.1. The monoisotopic (exact) mass is 344 g/mol. The predicted molar refractivity (Wildman–Crippen MR) is 101 cm³/mol. The van der Waals surface area contributed by atoms with Crippen molar-refractivity contribution < 1.29 is 9.13 Å². The quantitative estimate of drug-likeness (QED) is 0.506. The second-order valence-corrected chi connectivity index (χ2v) is 5.93. The van der Waals surface area contributed by atoms with E-state index in [0.717, 1.165) is 13.1 Å². The third-order valence-corrected chi connectivity index (χ3v) is 4.04. The van der Waals surface area contributed by atoms with Crippen LogP contribution in [-0.2, 0) is 4.74 Å². The Hall–Kier alpha value is -2.31. The first kappa shape index (κ1) is 19.0. The minimum atomic E-state index is -0.295. The normalized spacial score (nSPS) is 21.1. The highest BCUT2D eigenvalue weighted by atomic mass is 19.1. The molecule has 6 heteroatoms. The fraction of sp³-hybridized carbons (Fsp3) is 0.368. The summed E-state index contributed by atoms with van der Waals surface area (Å²) in [6.45, 7) is 9.84. The Balaban J connectivity index is 2.10. The lowest BCUT2D eigenvalue weighted by molar-refractivity contribution is -0.0323. The molecule has 1 fully saturated rings. The molecule has 0 aromatic heterocycles. The molecule has 0 aliphatic carbocycles. The van der Waals surface area contributed by atoms with Crippen molar-refractivity contribution in [1.29, 1.82) is 0 Å². The van der Waals surface area contributed by atoms with Crippen LogP contribution >= 0.6 is 0 Å². The smallest absolute Gasteiger partial charge is 0.220 e. The van der Waals surface area contributed by atoms with Gasteiger partial charge in [-0.05, 0) is 32.1 Å². The molecule has 2 unspecified atom stereocenters. The first-order chi connectivity index (χ1) is 12.0. The lowest BCUT2D eigenvalue weighted by Crippen LogP contribution is -2.42. The summed E-state index contributed by atoms with van der Waals surface area (Å²) in [5.41, 5.74) is 6.79. The van der Waals surface area contributed by atoms with Crippen molar-refractivity contribution in [2.24, 2.45) is 15.7 Å². The Morgan fingerprint density at radius 2 is 2.28 bits per heavy atom. The molecule has 2 atom stereocenters. The van der Waals surface area contributed by atoms with Crippen LogP contribution in [0.15, 0.2) is 53.0 Å². The number of benzene rings is 1. The van der Waals surface area contributed by atoms with Crippen LogP contribution in [0.3, 0.4) is 0 Å². The molecule has 134 valence electrons. The first-order valence-electron chi connectivity index (χ1n) is 8.32. The molecule has 1 aromatic carbocycles. The Bertz CT molecular complexity index is 684. The zero-order valence-electron chi connectivity index (χ0n) is 14.7. The molecular formula is C19H25FN4O. The lowest BCUT2D eigenvalue weighted by Gasteiger charge is -2.35. The molecule has 0 amide bonds. The Labute approximate surface area is 148 Å². The molecule has 1 aromatic rings. The van der Waals surface area contributed by atoms with E-state index < -0.39 is 0 Å². The van der Waals surface area contributed by atoms with E-state index in [9.17, 15) is 4.39 Å². The maximum atomic E-state index is 14.5. The van der Waals surface area contributed by atoms with Crippen LogP contribution in [0.2, 0.25) is 0 Å². The second kappa shape index (κ2) is 9.25. The summed E-state index contributed by atoms with van der Waals surface area (Å²) in [5, 5.41) is 0. The summed E-state index contributed by atoms with van der Waals surface area (Å²) in [5.74, 6) is -0.229. The highest BCUT2D eigenvalue weighted by Crippen LogP contribution is 2.27. The predicted octanol–water partition coefficient (Wildman–Crippen LogP) is 3.37. The average molecular weight is 344 g/mol.